The second kappa shape index (κ2) is 9.22. The summed E-state index contributed by atoms with van der Waals surface area (Å²) in [4.78, 5) is 0. The molecule has 0 aliphatic carbocycles. The predicted octanol–water partition coefficient (Wildman–Crippen LogP) is 11.3. The molecule has 0 heterocycles. The van der Waals surface area contributed by atoms with Crippen molar-refractivity contribution >= 4 is 43.1 Å². The second-order valence-corrected chi connectivity index (χ2v) is 10.5. The first kappa shape index (κ1) is 22.8. The number of benzene rings is 8. The number of rotatable bonds is 3. The average molecular weight is 507 g/mol. The Balaban J connectivity index is 1.57. The third-order valence-electron chi connectivity index (χ3n) is 8.23. The van der Waals surface area contributed by atoms with E-state index in [1.165, 1.54) is 76.5 Å². The first-order valence-corrected chi connectivity index (χ1v) is 13.9. The molecule has 8 aromatic carbocycles. The summed E-state index contributed by atoms with van der Waals surface area (Å²) >= 11 is 0. The molecule has 0 radical (unpaired) electrons. The number of hydrogen-bond donors (Lipinski definition) is 0. The van der Waals surface area contributed by atoms with Gasteiger partial charge in [-0.1, -0.05) is 146 Å². The number of fused-ring (bicyclic) bond motifs is 4. The lowest BCUT2D eigenvalue weighted by Gasteiger charge is -2.21. The zero-order chi connectivity index (χ0) is 26.5. The third kappa shape index (κ3) is 3.54. The van der Waals surface area contributed by atoms with Gasteiger partial charge in [-0.3, -0.25) is 0 Å². The van der Waals surface area contributed by atoms with Gasteiger partial charge in [-0.25, -0.2) is 0 Å². The van der Waals surface area contributed by atoms with E-state index in [-0.39, 0.29) is 0 Å². The molecule has 0 unspecified atom stereocenters. The first-order valence-electron chi connectivity index (χ1n) is 13.9. The highest BCUT2D eigenvalue weighted by Crippen LogP contribution is 2.47. The zero-order valence-electron chi connectivity index (χ0n) is 22.0. The van der Waals surface area contributed by atoms with Gasteiger partial charge >= 0.3 is 0 Å². The lowest BCUT2D eigenvalue weighted by Crippen LogP contribution is -1.93. The van der Waals surface area contributed by atoms with Crippen molar-refractivity contribution in [3.63, 3.8) is 0 Å². The Labute approximate surface area is 233 Å². The van der Waals surface area contributed by atoms with Gasteiger partial charge in [-0.2, -0.15) is 0 Å². The quantitative estimate of drug-likeness (QED) is 0.209. The van der Waals surface area contributed by atoms with E-state index < -0.39 is 0 Å². The van der Waals surface area contributed by atoms with Crippen molar-refractivity contribution in [3.8, 4) is 33.4 Å². The van der Waals surface area contributed by atoms with Gasteiger partial charge in [0.25, 0.3) is 0 Å². The minimum absolute atomic E-state index is 1.24. The molecule has 0 bridgehead atoms. The first-order chi connectivity index (χ1) is 19.9. The van der Waals surface area contributed by atoms with Gasteiger partial charge in [0.15, 0.2) is 0 Å². The molecular weight excluding hydrogens is 480 g/mol. The standard InChI is InChI=1S/C40H26/c1-2-14-28(15-3-1)39-33-20-8-10-22-35(33)40(36-23-11-9-21-34(36)39)38-26-30-17-5-4-16-29(30)25-37(38)32-24-12-18-27-13-6-7-19-31(27)32/h1-26H. The van der Waals surface area contributed by atoms with Crippen LogP contribution in [-0.4, -0.2) is 0 Å². The molecule has 0 atom stereocenters. The Hall–Kier alpha value is -5.20. The molecule has 0 nitrogen and oxygen atoms in total. The maximum atomic E-state index is 2.41. The van der Waals surface area contributed by atoms with E-state index in [0.717, 1.165) is 0 Å². The van der Waals surface area contributed by atoms with Gasteiger partial charge in [0, 0.05) is 0 Å². The summed E-state index contributed by atoms with van der Waals surface area (Å²) in [6.45, 7) is 0. The largest absolute Gasteiger partial charge is 0.0622 e. The van der Waals surface area contributed by atoms with Crippen molar-refractivity contribution in [3.05, 3.63) is 158 Å². The SMILES string of the molecule is c1ccc(-c2c3ccccc3c(-c3cc4ccccc4cc3-c3cccc4ccccc34)c3ccccc23)cc1. The molecule has 0 N–H and O–H groups in total. The van der Waals surface area contributed by atoms with Gasteiger partial charge < -0.3 is 0 Å². The van der Waals surface area contributed by atoms with Crippen LogP contribution in [0.1, 0.15) is 0 Å². The summed E-state index contributed by atoms with van der Waals surface area (Å²) in [5, 5.41) is 10.1. The van der Waals surface area contributed by atoms with Crippen molar-refractivity contribution < 1.29 is 0 Å². The summed E-state index contributed by atoms with van der Waals surface area (Å²) in [6.07, 6.45) is 0. The van der Waals surface area contributed by atoms with E-state index in [1.54, 1.807) is 0 Å². The molecule has 0 heteroatoms. The Morgan fingerprint density at radius 3 is 1.32 bits per heavy atom. The molecule has 0 amide bonds. The Kier molecular flexibility index (Phi) is 5.24. The van der Waals surface area contributed by atoms with Crippen molar-refractivity contribution in [2.45, 2.75) is 0 Å². The van der Waals surface area contributed by atoms with Crippen LogP contribution in [0.25, 0.3) is 76.5 Å². The van der Waals surface area contributed by atoms with Crippen LogP contribution in [-0.2, 0) is 0 Å². The van der Waals surface area contributed by atoms with Crippen molar-refractivity contribution in [2.24, 2.45) is 0 Å². The van der Waals surface area contributed by atoms with Gasteiger partial charge in [0.05, 0.1) is 0 Å². The van der Waals surface area contributed by atoms with E-state index in [9.17, 15) is 0 Å². The molecule has 186 valence electrons. The van der Waals surface area contributed by atoms with Gasteiger partial charge in [0.2, 0.25) is 0 Å². The lowest BCUT2D eigenvalue weighted by molar-refractivity contribution is 1.65. The summed E-state index contributed by atoms with van der Waals surface area (Å²) in [7, 11) is 0. The Morgan fingerprint density at radius 2 is 0.700 bits per heavy atom. The van der Waals surface area contributed by atoms with Gasteiger partial charge in [-0.15, -0.1) is 0 Å². The lowest BCUT2D eigenvalue weighted by atomic mass is 9.82. The van der Waals surface area contributed by atoms with E-state index in [4.69, 9.17) is 0 Å². The van der Waals surface area contributed by atoms with Crippen LogP contribution in [0.5, 0.6) is 0 Å². The van der Waals surface area contributed by atoms with Crippen LogP contribution < -0.4 is 0 Å². The van der Waals surface area contributed by atoms with E-state index >= 15 is 0 Å². The average Bonchev–Trinajstić information content (AvgIpc) is 3.03. The highest BCUT2D eigenvalue weighted by Gasteiger charge is 2.20. The molecule has 8 rings (SSSR count). The maximum absolute atomic E-state index is 2.41. The van der Waals surface area contributed by atoms with Crippen molar-refractivity contribution in [1.82, 2.24) is 0 Å². The van der Waals surface area contributed by atoms with Crippen LogP contribution in [0.2, 0.25) is 0 Å². The molecular formula is C40H26. The van der Waals surface area contributed by atoms with Crippen LogP contribution in [0.3, 0.4) is 0 Å². The van der Waals surface area contributed by atoms with Crippen LogP contribution in [0.15, 0.2) is 158 Å². The second-order valence-electron chi connectivity index (χ2n) is 10.5. The summed E-state index contributed by atoms with van der Waals surface area (Å²) < 4.78 is 0. The van der Waals surface area contributed by atoms with Gasteiger partial charge in [0.1, 0.15) is 0 Å². The molecule has 0 spiro atoms. The normalized spacial score (nSPS) is 11.5. The van der Waals surface area contributed by atoms with E-state index in [0.29, 0.717) is 0 Å². The Bertz CT molecular complexity index is 2140. The van der Waals surface area contributed by atoms with Gasteiger partial charge in [-0.05, 0) is 88.6 Å². The maximum Gasteiger partial charge on any atom is -0.00199 e. The predicted molar refractivity (Wildman–Crippen MR) is 173 cm³/mol. The molecule has 0 saturated carbocycles. The monoisotopic (exact) mass is 506 g/mol. The molecule has 0 aliphatic heterocycles. The minimum atomic E-state index is 1.24. The van der Waals surface area contributed by atoms with E-state index in [1.807, 2.05) is 0 Å². The topological polar surface area (TPSA) is 0 Å². The summed E-state index contributed by atoms with van der Waals surface area (Å²) in [5.74, 6) is 0. The fraction of sp³-hybridized carbons (Fsp3) is 0. The minimum Gasteiger partial charge on any atom is -0.0622 e. The molecule has 0 saturated heterocycles. The Morgan fingerprint density at radius 1 is 0.250 bits per heavy atom. The highest BCUT2D eigenvalue weighted by molar-refractivity contribution is 6.23. The highest BCUT2D eigenvalue weighted by atomic mass is 14.2. The fourth-order valence-electron chi connectivity index (χ4n) is 6.46. The zero-order valence-corrected chi connectivity index (χ0v) is 22.0. The molecule has 40 heavy (non-hydrogen) atoms. The van der Waals surface area contributed by atoms with Crippen LogP contribution in [0.4, 0.5) is 0 Å². The fourth-order valence-corrected chi connectivity index (χ4v) is 6.46. The third-order valence-corrected chi connectivity index (χ3v) is 8.23. The van der Waals surface area contributed by atoms with Crippen molar-refractivity contribution in [2.75, 3.05) is 0 Å². The van der Waals surface area contributed by atoms with Crippen LogP contribution >= 0.6 is 0 Å². The van der Waals surface area contributed by atoms with E-state index in [2.05, 4.69) is 158 Å². The molecule has 0 fully saturated rings. The summed E-state index contributed by atoms with van der Waals surface area (Å²) in [5.41, 5.74) is 7.62. The van der Waals surface area contributed by atoms with Crippen molar-refractivity contribution in [1.29, 1.82) is 0 Å². The molecule has 0 aliphatic rings. The smallest absolute Gasteiger partial charge is 0.00199 e. The number of hydrogen-bond acceptors (Lipinski definition) is 0. The molecule has 0 aromatic heterocycles. The summed E-state index contributed by atoms with van der Waals surface area (Å²) in [6, 6.07) is 57.6. The molecule has 8 aromatic rings. The van der Waals surface area contributed by atoms with Crippen LogP contribution in [0, 0.1) is 0 Å².